The molecule has 0 aliphatic heterocycles. The summed E-state index contributed by atoms with van der Waals surface area (Å²) < 4.78 is 16.6. The summed E-state index contributed by atoms with van der Waals surface area (Å²) >= 11 is 0. The van der Waals surface area contributed by atoms with Crippen LogP contribution in [0.2, 0.25) is 0 Å². The fourth-order valence-corrected chi connectivity index (χ4v) is 3.07. The molecule has 0 radical (unpaired) electrons. The minimum atomic E-state index is 0.0555. The molecule has 17 heavy (non-hydrogen) atoms. The number of ether oxygens (including phenoxy) is 3. The quantitative estimate of drug-likeness (QED) is 0.657. The molecule has 0 heterocycles. The minimum Gasteiger partial charge on any atom is -0.384 e. The lowest BCUT2D eigenvalue weighted by molar-refractivity contribution is -0.0892. The Morgan fingerprint density at radius 1 is 0.941 bits per heavy atom. The predicted molar refractivity (Wildman–Crippen MR) is 69.3 cm³/mol. The number of hydrogen-bond acceptors (Lipinski definition) is 3. The van der Waals surface area contributed by atoms with Crippen LogP contribution in [0.3, 0.4) is 0 Å². The first-order valence-electron chi connectivity index (χ1n) is 6.84. The first-order chi connectivity index (χ1) is 8.29. The zero-order chi connectivity index (χ0) is 12.6. The third-order valence-electron chi connectivity index (χ3n) is 3.93. The molecule has 0 amide bonds. The summed E-state index contributed by atoms with van der Waals surface area (Å²) in [4.78, 5) is 0. The van der Waals surface area contributed by atoms with Crippen LogP contribution in [0.5, 0.6) is 0 Å². The second-order valence-corrected chi connectivity index (χ2v) is 5.20. The molecule has 0 aromatic heterocycles. The Morgan fingerprint density at radius 3 is 2.00 bits per heavy atom. The molecule has 0 atom stereocenters. The first-order valence-corrected chi connectivity index (χ1v) is 6.84. The van der Waals surface area contributed by atoms with Gasteiger partial charge in [0.05, 0.1) is 19.8 Å². The van der Waals surface area contributed by atoms with Gasteiger partial charge in [0.2, 0.25) is 0 Å². The van der Waals surface area contributed by atoms with Crippen molar-refractivity contribution in [1.29, 1.82) is 0 Å². The maximum absolute atomic E-state index is 5.70. The summed E-state index contributed by atoms with van der Waals surface area (Å²) in [5, 5.41) is 0. The summed E-state index contributed by atoms with van der Waals surface area (Å²) in [6.45, 7) is 5.06. The van der Waals surface area contributed by atoms with Crippen LogP contribution < -0.4 is 0 Å². The third-order valence-corrected chi connectivity index (χ3v) is 3.93. The fraction of sp³-hybridized carbons (Fsp3) is 1.00. The molecule has 0 saturated heterocycles. The van der Waals surface area contributed by atoms with Crippen LogP contribution in [0.1, 0.15) is 39.0 Å². The van der Waals surface area contributed by atoms with E-state index in [1.54, 1.807) is 14.2 Å². The van der Waals surface area contributed by atoms with Gasteiger partial charge in [0.15, 0.2) is 0 Å². The van der Waals surface area contributed by atoms with Gasteiger partial charge in [-0.25, -0.2) is 0 Å². The SMILES string of the molecule is CCOCC(COC)(COC)C1CCCCC1. The lowest BCUT2D eigenvalue weighted by Crippen LogP contribution is -2.44. The molecular weight excluding hydrogens is 216 g/mol. The Kier molecular flexibility index (Phi) is 7.09. The summed E-state index contributed by atoms with van der Waals surface area (Å²) in [7, 11) is 3.55. The molecule has 0 bridgehead atoms. The highest BCUT2D eigenvalue weighted by molar-refractivity contribution is 4.88. The molecule has 1 aliphatic carbocycles. The second-order valence-electron chi connectivity index (χ2n) is 5.20. The monoisotopic (exact) mass is 244 g/mol. The normalized spacial score (nSPS) is 18.5. The van der Waals surface area contributed by atoms with Crippen molar-refractivity contribution in [1.82, 2.24) is 0 Å². The molecule has 0 aromatic carbocycles. The van der Waals surface area contributed by atoms with E-state index < -0.39 is 0 Å². The van der Waals surface area contributed by atoms with E-state index in [9.17, 15) is 0 Å². The summed E-state index contributed by atoms with van der Waals surface area (Å²) in [6.07, 6.45) is 6.64. The Bertz CT molecular complexity index is 182. The molecule has 3 heteroatoms. The van der Waals surface area contributed by atoms with Crippen molar-refractivity contribution in [3.8, 4) is 0 Å². The number of rotatable bonds is 8. The standard InChI is InChI=1S/C14H28O3/c1-4-17-12-14(10-15-2,11-16-3)13-8-6-5-7-9-13/h13H,4-12H2,1-3H3. The highest BCUT2D eigenvalue weighted by Crippen LogP contribution is 2.39. The van der Waals surface area contributed by atoms with E-state index in [1.165, 1.54) is 32.1 Å². The average Bonchev–Trinajstić information content (AvgIpc) is 2.37. The lowest BCUT2D eigenvalue weighted by Gasteiger charge is -2.41. The molecular formula is C14H28O3. The molecule has 1 fully saturated rings. The van der Waals surface area contributed by atoms with Crippen molar-refractivity contribution in [2.75, 3.05) is 40.6 Å². The van der Waals surface area contributed by atoms with Gasteiger partial charge in [0, 0.05) is 26.2 Å². The molecule has 1 rings (SSSR count). The van der Waals surface area contributed by atoms with Crippen molar-refractivity contribution in [3.63, 3.8) is 0 Å². The molecule has 1 saturated carbocycles. The molecule has 3 nitrogen and oxygen atoms in total. The second kappa shape index (κ2) is 8.06. The predicted octanol–water partition coefficient (Wildman–Crippen LogP) is 2.88. The van der Waals surface area contributed by atoms with Gasteiger partial charge in [-0.2, -0.15) is 0 Å². The van der Waals surface area contributed by atoms with Crippen LogP contribution in [-0.2, 0) is 14.2 Å². The van der Waals surface area contributed by atoms with Crippen LogP contribution in [0.4, 0.5) is 0 Å². The fourth-order valence-electron chi connectivity index (χ4n) is 3.07. The Morgan fingerprint density at radius 2 is 1.53 bits per heavy atom. The molecule has 102 valence electrons. The summed E-state index contributed by atoms with van der Waals surface area (Å²) in [5.74, 6) is 0.683. The summed E-state index contributed by atoms with van der Waals surface area (Å²) in [6, 6.07) is 0. The first kappa shape index (κ1) is 14.9. The van der Waals surface area contributed by atoms with Crippen molar-refractivity contribution >= 4 is 0 Å². The zero-order valence-electron chi connectivity index (χ0n) is 11.7. The van der Waals surface area contributed by atoms with E-state index in [1.807, 2.05) is 6.92 Å². The largest absolute Gasteiger partial charge is 0.384 e. The number of methoxy groups -OCH3 is 2. The summed E-state index contributed by atoms with van der Waals surface area (Å²) in [5.41, 5.74) is 0.0555. The van der Waals surface area contributed by atoms with Gasteiger partial charge in [-0.3, -0.25) is 0 Å². The van der Waals surface area contributed by atoms with Crippen LogP contribution in [0.15, 0.2) is 0 Å². The van der Waals surface area contributed by atoms with Crippen molar-refractivity contribution in [3.05, 3.63) is 0 Å². The number of hydrogen-bond donors (Lipinski definition) is 0. The van der Waals surface area contributed by atoms with E-state index in [-0.39, 0.29) is 5.41 Å². The molecule has 0 aromatic rings. The van der Waals surface area contributed by atoms with Gasteiger partial charge in [-0.15, -0.1) is 0 Å². The maximum atomic E-state index is 5.70. The van der Waals surface area contributed by atoms with Crippen molar-refractivity contribution in [2.45, 2.75) is 39.0 Å². The molecule has 0 unspecified atom stereocenters. The Hall–Kier alpha value is -0.120. The maximum Gasteiger partial charge on any atom is 0.0569 e. The van der Waals surface area contributed by atoms with E-state index in [0.717, 1.165) is 26.4 Å². The Labute approximate surface area is 106 Å². The van der Waals surface area contributed by atoms with E-state index in [2.05, 4.69) is 0 Å². The van der Waals surface area contributed by atoms with Crippen molar-refractivity contribution < 1.29 is 14.2 Å². The van der Waals surface area contributed by atoms with Crippen LogP contribution in [-0.4, -0.2) is 40.6 Å². The van der Waals surface area contributed by atoms with Crippen LogP contribution in [0, 0.1) is 11.3 Å². The van der Waals surface area contributed by atoms with Gasteiger partial charge in [0.1, 0.15) is 0 Å². The van der Waals surface area contributed by atoms with Gasteiger partial charge >= 0.3 is 0 Å². The minimum absolute atomic E-state index is 0.0555. The lowest BCUT2D eigenvalue weighted by atomic mass is 9.70. The highest BCUT2D eigenvalue weighted by Gasteiger charge is 2.39. The Balaban J connectivity index is 2.70. The average molecular weight is 244 g/mol. The topological polar surface area (TPSA) is 27.7 Å². The van der Waals surface area contributed by atoms with Crippen molar-refractivity contribution in [2.24, 2.45) is 11.3 Å². The van der Waals surface area contributed by atoms with Gasteiger partial charge in [-0.1, -0.05) is 19.3 Å². The highest BCUT2D eigenvalue weighted by atomic mass is 16.5. The smallest absolute Gasteiger partial charge is 0.0569 e. The zero-order valence-corrected chi connectivity index (χ0v) is 11.7. The molecule has 0 N–H and O–H groups in total. The van der Waals surface area contributed by atoms with Gasteiger partial charge in [-0.05, 0) is 25.7 Å². The molecule has 0 spiro atoms. The third kappa shape index (κ3) is 4.23. The van der Waals surface area contributed by atoms with Gasteiger partial charge < -0.3 is 14.2 Å². The van der Waals surface area contributed by atoms with Crippen LogP contribution in [0.25, 0.3) is 0 Å². The van der Waals surface area contributed by atoms with Gasteiger partial charge in [0.25, 0.3) is 0 Å². The van der Waals surface area contributed by atoms with E-state index in [4.69, 9.17) is 14.2 Å². The molecule has 1 aliphatic rings. The van der Waals surface area contributed by atoms with E-state index >= 15 is 0 Å². The van der Waals surface area contributed by atoms with E-state index in [0.29, 0.717) is 5.92 Å². The van der Waals surface area contributed by atoms with Crippen LogP contribution >= 0.6 is 0 Å².